The van der Waals surface area contributed by atoms with Gasteiger partial charge in [0.25, 0.3) is 0 Å². The molecule has 28 heavy (non-hydrogen) atoms. The number of anilines is 1. The summed E-state index contributed by atoms with van der Waals surface area (Å²) in [7, 11) is 0. The highest BCUT2D eigenvalue weighted by atomic mass is 16.2. The van der Waals surface area contributed by atoms with E-state index < -0.39 is 0 Å². The first-order chi connectivity index (χ1) is 13.6. The zero-order valence-electron chi connectivity index (χ0n) is 17.3. The van der Waals surface area contributed by atoms with E-state index >= 15 is 0 Å². The Morgan fingerprint density at radius 1 is 1.21 bits per heavy atom. The first-order valence-corrected chi connectivity index (χ1v) is 10.5. The van der Waals surface area contributed by atoms with Crippen molar-refractivity contribution < 1.29 is 4.79 Å². The molecule has 2 atom stereocenters. The molecule has 0 spiro atoms. The highest BCUT2D eigenvalue weighted by Crippen LogP contribution is 2.25. The van der Waals surface area contributed by atoms with Gasteiger partial charge in [-0.1, -0.05) is 51.5 Å². The quantitative estimate of drug-likeness (QED) is 0.784. The largest absolute Gasteiger partial charge is 0.349 e. The number of nitrogens with zero attached hydrogens (tertiary/aromatic N) is 3. The molecular weight excluding hydrogens is 348 g/mol. The zero-order chi connectivity index (χ0) is 19.9. The van der Waals surface area contributed by atoms with Crippen molar-refractivity contribution in [2.75, 3.05) is 18.0 Å². The Morgan fingerprint density at radius 3 is 2.57 bits per heavy atom. The number of carbonyl (C=O) groups is 1. The van der Waals surface area contributed by atoms with E-state index in [9.17, 15) is 4.79 Å². The lowest BCUT2D eigenvalue weighted by molar-refractivity contribution is -0.126. The molecule has 1 aliphatic rings. The molecule has 1 N–H and O–H groups in total. The number of aryl methyl sites for hydroxylation is 1. The van der Waals surface area contributed by atoms with Gasteiger partial charge in [0.2, 0.25) is 11.9 Å². The second-order valence-electron chi connectivity index (χ2n) is 8.06. The van der Waals surface area contributed by atoms with Gasteiger partial charge in [0.05, 0.1) is 12.0 Å². The molecule has 0 unspecified atom stereocenters. The van der Waals surface area contributed by atoms with Crippen LogP contribution in [0.4, 0.5) is 5.95 Å². The summed E-state index contributed by atoms with van der Waals surface area (Å²) in [5.41, 5.74) is 2.54. The molecule has 2 heterocycles. The van der Waals surface area contributed by atoms with Crippen LogP contribution in [0.1, 0.15) is 57.2 Å². The molecule has 5 nitrogen and oxygen atoms in total. The fourth-order valence-electron chi connectivity index (χ4n) is 3.91. The van der Waals surface area contributed by atoms with Crippen molar-refractivity contribution in [2.45, 2.75) is 52.5 Å². The summed E-state index contributed by atoms with van der Waals surface area (Å²) < 4.78 is 0. The van der Waals surface area contributed by atoms with Crippen LogP contribution >= 0.6 is 0 Å². The molecule has 1 amide bonds. The van der Waals surface area contributed by atoms with Crippen molar-refractivity contribution in [1.29, 1.82) is 0 Å². The van der Waals surface area contributed by atoms with Crippen LogP contribution in [0.2, 0.25) is 0 Å². The maximum atomic E-state index is 13.1. The summed E-state index contributed by atoms with van der Waals surface area (Å²) in [5, 5.41) is 3.32. The van der Waals surface area contributed by atoms with Gasteiger partial charge in [0.1, 0.15) is 0 Å². The molecule has 0 radical (unpaired) electrons. The van der Waals surface area contributed by atoms with Crippen LogP contribution in [-0.2, 0) is 11.2 Å². The van der Waals surface area contributed by atoms with Crippen LogP contribution in [0.5, 0.6) is 0 Å². The van der Waals surface area contributed by atoms with Gasteiger partial charge in [0, 0.05) is 25.5 Å². The van der Waals surface area contributed by atoms with Gasteiger partial charge in [-0.25, -0.2) is 9.97 Å². The molecule has 1 aliphatic heterocycles. The molecule has 0 aliphatic carbocycles. The van der Waals surface area contributed by atoms with E-state index in [1.807, 2.05) is 6.07 Å². The first kappa shape index (κ1) is 20.3. The van der Waals surface area contributed by atoms with Gasteiger partial charge < -0.3 is 10.2 Å². The summed E-state index contributed by atoms with van der Waals surface area (Å²) in [6.07, 6.45) is 7.64. The van der Waals surface area contributed by atoms with Gasteiger partial charge in [-0.05, 0) is 42.4 Å². The molecule has 150 valence electrons. The molecule has 0 saturated carbocycles. The third-order valence-corrected chi connectivity index (χ3v) is 5.47. The Kier molecular flexibility index (Phi) is 7.01. The maximum Gasteiger partial charge on any atom is 0.225 e. The van der Waals surface area contributed by atoms with Crippen molar-refractivity contribution in [3.05, 3.63) is 53.9 Å². The molecule has 0 bridgehead atoms. The highest BCUT2D eigenvalue weighted by molar-refractivity contribution is 5.80. The standard InChI is InChI=1S/C23H32N4O/c1-4-7-18-9-11-19(12-10-18)21(17(2)3)26-22(28)20-8-5-15-27(16-20)23-24-13-6-14-25-23/h6,9-14,17,20-21H,4-5,7-8,15-16H2,1-3H3,(H,26,28)/t20-,21+/m0/s1. The minimum atomic E-state index is -0.0295. The lowest BCUT2D eigenvalue weighted by atomic mass is 9.92. The third kappa shape index (κ3) is 5.09. The molecular formula is C23H32N4O. The van der Waals surface area contributed by atoms with Crippen molar-refractivity contribution in [2.24, 2.45) is 11.8 Å². The number of amides is 1. The fourth-order valence-corrected chi connectivity index (χ4v) is 3.91. The Balaban J connectivity index is 1.66. The number of carbonyl (C=O) groups excluding carboxylic acids is 1. The summed E-state index contributed by atoms with van der Waals surface area (Å²) in [6, 6.07) is 10.6. The molecule has 3 rings (SSSR count). The van der Waals surface area contributed by atoms with Crippen molar-refractivity contribution >= 4 is 11.9 Å². The van der Waals surface area contributed by atoms with Crippen LogP contribution in [0.3, 0.4) is 0 Å². The summed E-state index contributed by atoms with van der Waals surface area (Å²) >= 11 is 0. The Labute approximate surface area is 168 Å². The molecule has 2 aromatic rings. The normalized spacial score (nSPS) is 18.1. The lowest BCUT2D eigenvalue weighted by Gasteiger charge is -2.33. The van der Waals surface area contributed by atoms with Crippen molar-refractivity contribution in [3.63, 3.8) is 0 Å². The minimum Gasteiger partial charge on any atom is -0.349 e. The van der Waals surface area contributed by atoms with Crippen LogP contribution in [-0.4, -0.2) is 29.0 Å². The number of nitrogens with one attached hydrogen (secondary N) is 1. The van der Waals surface area contributed by atoms with Crippen LogP contribution < -0.4 is 10.2 Å². The zero-order valence-corrected chi connectivity index (χ0v) is 17.3. The van der Waals surface area contributed by atoms with Gasteiger partial charge in [-0.15, -0.1) is 0 Å². The smallest absolute Gasteiger partial charge is 0.225 e. The van der Waals surface area contributed by atoms with Gasteiger partial charge >= 0.3 is 0 Å². The second kappa shape index (κ2) is 9.67. The third-order valence-electron chi connectivity index (χ3n) is 5.47. The second-order valence-corrected chi connectivity index (χ2v) is 8.06. The summed E-state index contributed by atoms with van der Waals surface area (Å²) in [6.45, 7) is 8.10. The first-order valence-electron chi connectivity index (χ1n) is 10.5. The van der Waals surface area contributed by atoms with Crippen LogP contribution in [0.25, 0.3) is 0 Å². The molecule has 1 fully saturated rings. The van der Waals surface area contributed by atoms with E-state index in [1.54, 1.807) is 12.4 Å². The van der Waals surface area contributed by atoms with Gasteiger partial charge in [0.15, 0.2) is 0 Å². The van der Waals surface area contributed by atoms with Crippen LogP contribution in [0, 0.1) is 11.8 Å². The Hall–Kier alpha value is -2.43. The average Bonchev–Trinajstić information content (AvgIpc) is 2.73. The number of aromatic nitrogens is 2. The molecule has 1 aromatic heterocycles. The average molecular weight is 381 g/mol. The minimum absolute atomic E-state index is 0.0295. The Bertz CT molecular complexity index is 745. The number of piperidine rings is 1. The summed E-state index contributed by atoms with van der Waals surface area (Å²) in [4.78, 5) is 23.9. The topological polar surface area (TPSA) is 58.1 Å². The predicted molar refractivity (Wildman–Crippen MR) is 113 cm³/mol. The molecule has 1 saturated heterocycles. The fraction of sp³-hybridized carbons (Fsp3) is 0.522. The van der Waals surface area contributed by atoms with E-state index in [0.29, 0.717) is 18.4 Å². The van der Waals surface area contributed by atoms with E-state index in [4.69, 9.17) is 0 Å². The van der Waals surface area contributed by atoms with Crippen LogP contribution in [0.15, 0.2) is 42.7 Å². The number of benzene rings is 1. The SMILES string of the molecule is CCCc1ccc([C@H](NC(=O)[C@H]2CCCN(c3ncccn3)C2)C(C)C)cc1. The molecule has 5 heteroatoms. The lowest BCUT2D eigenvalue weighted by Crippen LogP contribution is -2.45. The highest BCUT2D eigenvalue weighted by Gasteiger charge is 2.29. The summed E-state index contributed by atoms with van der Waals surface area (Å²) in [5.74, 6) is 1.15. The van der Waals surface area contributed by atoms with Gasteiger partial charge in [-0.2, -0.15) is 0 Å². The van der Waals surface area contributed by atoms with Crippen molar-refractivity contribution in [1.82, 2.24) is 15.3 Å². The Morgan fingerprint density at radius 2 is 1.93 bits per heavy atom. The van der Waals surface area contributed by atoms with E-state index in [2.05, 4.69) is 65.2 Å². The number of hydrogen-bond donors (Lipinski definition) is 1. The van der Waals surface area contributed by atoms with E-state index in [-0.39, 0.29) is 17.9 Å². The predicted octanol–water partition coefficient (Wildman–Crippen LogP) is 4.16. The van der Waals surface area contributed by atoms with Crippen molar-refractivity contribution in [3.8, 4) is 0 Å². The van der Waals surface area contributed by atoms with E-state index in [0.717, 1.165) is 32.2 Å². The monoisotopic (exact) mass is 380 g/mol. The van der Waals surface area contributed by atoms with Gasteiger partial charge in [-0.3, -0.25) is 4.79 Å². The maximum absolute atomic E-state index is 13.1. The number of hydrogen-bond acceptors (Lipinski definition) is 4. The number of rotatable bonds is 7. The molecule has 1 aromatic carbocycles. The van der Waals surface area contributed by atoms with E-state index in [1.165, 1.54) is 11.1 Å².